The van der Waals surface area contributed by atoms with Gasteiger partial charge in [0.1, 0.15) is 0 Å². The second-order valence-electron chi connectivity index (χ2n) is 7.95. The van der Waals surface area contributed by atoms with Gasteiger partial charge in [-0.25, -0.2) is 0 Å². The average Bonchev–Trinajstić information content (AvgIpc) is 3.25. The molecule has 5 rings (SSSR count). The van der Waals surface area contributed by atoms with Crippen LogP contribution in [-0.4, -0.2) is 28.2 Å². The van der Waals surface area contributed by atoms with Crippen LogP contribution in [0.15, 0.2) is 72.8 Å². The number of aromatic nitrogens is 2. The lowest BCUT2D eigenvalue weighted by atomic mass is 9.93. The van der Waals surface area contributed by atoms with E-state index in [0.29, 0.717) is 5.92 Å². The maximum absolute atomic E-state index is 5.99. The zero-order valence-electron chi connectivity index (χ0n) is 16.3. The Bertz CT molecular complexity index is 1110. The van der Waals surface area contributed by atoms with Gasteiger partial charge in [0, 0.05) is 28.7 Å². The summed E-state index contributed by atoms with van der Waals surface area (Å²) in [5.41, 5.74) is 4.75. The van der Waals surface area contributed by atoms with Crippen molar-refractivity contribution in [1.29, 1.82) is 0 Å². The first-order chi connectivity index (χ1) is 14.2. The third-order valence-corrected chi connectivity index (χ3v) is 6.24. The van der Waals surface area contributed by atoms with E-state index in [1.165, 1.54) is 22.0 Å². The lowest BCUT2D eigenvalue weighted by Gasteiger charge is -2.31. The van der Waals surface area contributed by atoms with Crippen molar-refractivity contribution in [3.8, 4) is 11.3 Å². The van der Waals surface area contributed by atoms with Gasteiger partial charge in [-0.3, -0.25) is 10.00 Å². The number of fused-ring (bicyclic) bond motifs is 1. The minimum absolute atomic E-state index is 0.552. The molecular formula is C25H24ClN3. The second kappa shape index (κ2) is 8.02. The van der Waals surface area contributed by atoms with Crippen molar-refractivity contribution in [2.45, 2.75) is 25.3 Å². The number of nitrogens with zero attached hydrogens (tertiary/aromatic N) is 2. The lowest BCUT2D eigenvalue weighted by molar-refractivity contribution is 0.203. The van der Waals surface area contributed by atoms with Crippen LogP contribution in [0.1, 0.15) is 30.0 Å². The van der Waals surface area contributed by atoms with E-state index < -0.39 is 0 Å². The molecule has 1 saturated heterocycles. The first-order valence-corrected chi connectivity index (χ1v) is 10.6. The van der Waals surface area contributed by atoms with Gasteiger partial charge in [0.2, 0.25) is 0 Å². The van der Waals surface area contributed by atoms with Crippen LogP contribution in [-0.2, 0) is 6.54 Å². The number of hydrogen-bond acceptors (Lipinski definition) is 2. The molecule has 0 atom stereocenters. The third-order valence-electron chi connectivity index (χ3n) is 5.99. The monoisotopic (exact) mass is 401 g/mol. The topological polar surface area (TPSA) is 31.9 Å². The Balaban J connectivity index is 1.21. The molecule has 4 heteroatoms. The molecule has 0 amide bonds. The first-order valence-electron chi connectivity index (χ1n) is 10.3. The van der Waals surface area contributed by atoms with Gasteiger partial charge in [0.25, 0.3) is 0 Å². The number of rotatable bonds is 4. The fraction of sp³-hybridized carbons (Fsp3) is 0.240. The molecule has 0 unspecified atom stereocenters. The van der Waals surface area contributed by atoms with E-state index >= 15 is 0 Å². The molecule has 1 aromatic heterocycles. The van der Waals surface area contributed by atoms with E-state index in [-0.39, 0.29) is 0 Å². The Morgan fingerprint density at radius 1 is 0.897 bits per heavy atom. The SMILES string of the molecule is Clc1ccc(-c2cc(C3CCN(Cc4ccc5ccccc5c4)CC3)[nH]n2)cc1. The number of benzene rings is 3. The summed E-state index contributed by atoms with van der Waals surface area (Å²) in [6.45, 7) is 3.26. The van der Waals surface area contributed by atoms with Crippen molar-refractivity contribution < 1.29 is 0 Å². The van der Waals surface area contributed by atoms with E-state index in [1.807, 2.05) is 24.3 Å². The maximum Gasteiger partial charge on any atom is 0.0923 e. The zero-order valence-corrected chi connectivity index (χ0v) is 17.1. The molecule has 0 spiro atoms. The van der Waals surface area contributed by atoms with Gasteiger partial charge in [0.15, 0.2) is 0 Å². The van der Waals surface area contributed by atoms with Crippen molar-refractivity contribution in [2.24, 2.45) is 0 Å². The molecule has 3 aromatic carbocycles. The van der Waals surface area contributed by atoms with Gasteiger partial charge < -0.3 is 0 Å². The van der Waals surface area contributed by atoms with Crippen LogP contribution in [0.3, 0.4) is 0 Å². The minimum Gasteiger partial charge on any atom is -0.299 e. The van der Waals surface area contributed by atoms with Crippen LogP contribution in [0, 0.1) is 0 Å². The molecule has 0 saturated carbocycles. The van der Waals surface area contributed by atoms with Crippen molar-refractivity contribution in [2.75, 3.05) is 13.1 Å². The van der Waals surface area contributed by atoms with Crippen molar-refractivity contribution >= 4 is 22.4 Å². The molecule has 0 aliphatic carbocycles. The summed E-state index contributed by atoms with van der Waals surface area (Å²) in [5, 5.41) is 11.2. The first kappa shape index (κ1) is 18.4. The fourth-order valence-corrected chi connectivity index (χ4v) is 4.44. The minimum atomic E-state index is 0.552. The van der Waals surface area contributed by atoms with Gasteiger partial charge in [-0.2, -0.15) is 5.10 Å². The molecule has 146 valence electrons. The number of hydrogen-bond donors (Lipinski definition) is 1. The predicted molar refractivity (Wildman–Crippen MR) is 120 cm³/mol. The summed E-state index contributed by atoms with van der Waals surface area (Å²) < 4.78 is 0. The quantitative estimate of drug-likeness (QED) is 0.437. The van der Waals surface area contributed by atoms with Crippen LogP contribution >= 0.6 is 11.6 Å². The number of piperidine rings is 1. The smallest absolute Gasteiger partial charge is 0.0923 e. The van der Waals surface area contributed by atoms with E-state index in [4.69, 9.17) is 11.6 Å². The van der Waals surface area contributed by atoms with Crippen LogP contribution in [0.5, 0.6) is 0 Å². The normalized spacial score (nSPS) is 15.8. The maximum atomic E-state index is 5.99. The fourth-order valence-electron chi connectivity index (χ4n) is 4.31. The molecule has 1 aliphatic heterocycles. The largest absolute Gasteiger partial charge is 0.299 e. The molecule has 1 fully saturated rings. The molecule has 1 aliphatic rings. The van der Waals surface area contributed by atoms with Gasteiger partial charge in [-0.15, -0.1) is 0 Å². The summed E-state index contributed by atoms with van der Waals surface area (Å²) in [6.07, 6.45) is 2.33. The molecular weight excluding hydrogens is 378 g/mol. The highest BCUT2D eigenvalue weighted by Gasteiger charge is 2.22. The lowest BCUT2D eigenvalue weighted by Crippen LogP contribution is -2.32. The molecule has 4 aromatic rings. The number of halogens is 1. The van der Waals surface area contributed by atoms with Crippen LogP contribution in [0.25, 0.3) is 22.0 Å². The molecule has 0 radical (unpaired) electrons. The summed E-state index contributed by atoms with van der Waals surface area (Å²) in [6, 6.07) is 25.5. The standard InChI is InChI=1S/C25H24ClN3/c26-23-9-7-20(8-10-23)24-16-25(28-27-24)21-11-13-29(14-12-21)17-18-5-6-19-3-1-2-4-22(19)15-18/h1-10,15-16,21H,11-14,17H2,(H,27,28). The van der Waals surface area contributed by atoms with Gasteiger partial charge in [0.05, 0.1) is 5.69 Å². The molecule has 29 heavy (non-hydrogen) atoms. The number of likely N-dealkylation sites (tertiary alicyclic amines) is 1. The van der Waals surface area contributed by atoms with E-state index in [9.17, 15) is 0 Å². The molecule has 0 bridgehead atoms. The Hall–Kier alpha value is -2.62. The van der Waals surface area contributed by atoms with Crippen LogP contribution in [0.2, 0.25) is 5.02 Å². The second-order valence-corrected chi connectivity index (χ2v) is 8.38. The highest BCUT2D eigenvalue weighted by molar-refractivity contribution is 6.30. The molecule has 2 heterocycles. The highest BCUT2D eigenvalue weighted by Crippen LogP contribution is 2.30. The summed E-state index contributed by atoms with van der Waals surface area (Å²) in [4.78, 5) is 2.57. The van der Waals surface area contributed by atoms with Gasteiger partial charge in [-0.05, 0) is 66.5 Å². The Kier molecular flexibility index (Phi) is 5.09. The Morgan fingerprint density at radius 2 is 1.66 bits per heavy atom. The number of H-pyrrole nitrogens is 1. The van der Waals surface area contributed by atoms with Crippen molar-refractivity contribution in [1.82, 2.24) is 15.1 Å². The number of nitrogens with one attached hydrogen (secondary N) is 1. The summed E-state index contributed by atoms with van der Waals surface area (Å²) in [5.74, 6) is 0.552. The highest BCUT2D eigenvalue weighted by atomic mass is 35.5. The predicted octanol–water partition coefficient (Wildman–Crippen LogP) is 6.26. The van der Waals surface area contributed by atoms with Gasteiger partial charge >= 0.3 is 0 Å². The van der Waals surface area contributed by atoms with E-state index in [0.717, 1.165) is 48.8 Å². The van der Waals surface area contributed by atoms with E-state index in [2.05, 4.69) is 63.6 Å². The van der Waals surface area contributed by atoms with Crippen molar-refractivity contribution in [3.63, 3.8) is 0 Å². The summed E-state index contributed by atoms with van der Waals surface area (Å²) in [7, 11) is 0. The van der Waals surface area contributed by atoms with Crippen LogP contribution in [0.4, 0.5) is 0 Å². The molecule has 3 nitrogen and oxygen atoms in total. The van der Waals surface area contributed by atoms with E-state index in [1.54, 1.807) is 0 Å². The molecule has 1 N–H and O–H groups in total. The Morgan fingerprint density at radius 3 is 2.45 bits per heavy atom. The third kappa shape index (κ3) is 4.07. The van der Waals surface area contributed by atoms with Crippen molar-refractivity contribution in [3.05, 3.63) is 89.1 Å². The Labute approximate surface area is 176 Å². The van der Waals surface area contributed by atoms with Crippen LogP contribution < -0.4 is 0 Å². The number of aromatic amines is 1. The zero-order chi connectivity index (χ0) is 19.6. The average molecular weight is 402 g/mol. The van der Waals surface area contributed by atoms with Gasteiger partial charge in [-0.1, -0.05) is 60.1 Å². The summed E-state index contributed by atoms with van der Waals surface area (Å²) >= 11 is 5.99.